The van der Waals surface area contributed by atoms with Gasteiger partial charge in [-0.05, 0) is 51.2 Å². The lowest BCUT2D eigenvalue weighted by molar-refractivity contribution is 0.569. The average molecular weight is 296 g/mol. The van der Waals surface area contributed by atoms with E-state index in [1.807, 2.05) is 26.0 Å². The van der Waals surface area contributed by atoms with Crippen molar-refractivity contribution in [1.29, 1.82) is 0 Å². The molecule has 2 N–H and O–H groups in total. The van der Waals surface area contributed by atoms with Gasteiger partial charge in [-0.25, -0.2) is 13.1 Å². The summed E-state index contributed by atoms with van der Waals surface area (Å²) in [5, 5.41) is 3.40. The van der Waals surface area contributed by atoms with Gasteiger partial charge in [-0.15, -0.1) is 0 Å². The van der Waals surface area contributed by atoms with E-state index in [1.165, 1.54) is 6.42 Å². The van der Waals surface area contributed by atoms with Crippen molar-refractivity contribution in [3.63, 3.8) is 0 Å². The molecule has 5 heteroatoms. The van der Waals surface area contributed by atoms with Gasteiger partial charge in [-0.2, -0.15) is 0 Å². The van der Waals surface area contributed by atoms with Crippen LogP contribution in [0.25, 0.3) is 0 Å². The van der Waals surface area contributed by atoms with Gasteiger partial charge in [0.05, 0.1) is 5.69 Å². The Morgan fingerprint density at radius 1 is 1.20 bits per heavy atom. The molecule has 0 aromatic heterocycles. The molecule has 0 spiro atoms. The maximum Gasteiger partial charge on any atom is 0.242 e. The first kappa shape index (κ1) is 15.3. The van der Waals surface area contributed by atoms with Gasteiger partial charge in [-0.3, -0.25) is 0 Å². The number of rotatable bonds is 5. The van der Waals surface area contributed by atoms with Gasteiger partial charge in [0.2, 0.25) is 10.0 Å². The fourth-order valence-corrected chi connectivity index (χ4v) is 4.17. The van der Waals surface area contributed by atoms with E-state index in [1.54, 1.807) is 12.1 Å². The molecule has 2 unspecified atom stereocenters. The van der Waals surface area contributed by atoms with E-state index < -0.39 is 10.0 Å². The van der Waals surface area contributed by atoms with Gasteiger partial charge in [0.25, 0.3) is 0 Å². The van der Waals surface area contributed by atoms with E-state index in [4.69, 9.17) is 0 Å². The molecule has 20 heavy (non-hydrogen) atoms. The smallest absolute Gasteiger partial charge is 0.242 e. The number of hydrogen-bond acceptors (Lipinski definition) is 3. The minimum atomic E-state index is -3.46. The molecule has 112 valence electrons. The molecule has 0 radical (unpaired) electrons. The van der Waals surface area contributed by atoms with Crippen LogP contribution in [0, 0.1) is 5.92 Å². The summed E-state index contributed by atoms with van der Waals surface area (Å²) in [7, 11) is -3.46. The van der Waals surface area contributed by atoms with E-state index in [9.17, 15) is 8.42 Å². The molecule has 1 aliphatic rings. The highest BCUT2D eigenvalue weighted by atomic mass is 32.2. The molecule has 2 rings (SSSR count). The zero-order valence-electron chi connectivity index (χ0n) is 12.4. The van der Waals surface area contributed by atoms with Gasteiger partial charge in [-0.1, -0.05) is 19.1 Å². The fourth-order valence-electron chi connectivity index (χ4n) is 2.75. The lowest BCUT2D eigenvalue weighted by Crippen LogP contribution is -2.31. The first-order valence-electron chi connectivity index (χ1n) is 7.26. The molecule has 1 aliphatic carbocycles. The second-order valence-electron chi connectivity index (χ2n) is 6.03. The Morgan fingerprint density at radius 2 is 1.90 bits per heavy atom. The van der Waals surface area contributed by atoms with Crippen molar-refractivity contribution < 1.29 is 8.42 Å². The van der Waals surface area contributed by atoms with Crippen molar-refractivity contribution >= 4 is 15.7 Å². The first-order chi connectivity index (χ1) is 9.38. The summed E-state index contributed by atoms with van der Waals surface area (Å²) < 4.78 is 27.3. The molecular formula is C15H24N2O2S. The first-order valence-corrected chi connectivity index (χ1v) is 8.74. The lowest BCUT2D eigenvalue weighted by Gasteiger charge is -2.18. The Labute approximate surface area is 122 Å². The highest BCUT2D eigenvalue weighted by Gasteiger charge is 2.24. The Kier molecular flexibility index (Phi) is 4.70. The zero-order chi connectivity index (χ0) is 14.8. The van der Waals surface area contributed by atoms with E-state index in [-0.39, 0.29) is 6.04 Å². The summed E-state index contributed by atoms with van der Waals surface area (Å²) in [5.74, 6) is 0.713. The SMILES string of the molecule is CC1CCC(Nc2ccccc2S(=O)(=O)NC(C)C)C1. The summed E-state index contributed by atoms with van der Waals surface area (Å²) >= 11 is 0. The Balaban J connectivity index is 2.22. The van der Waals surface area contributed by atoms with Crippen LogP contribution < -0.4 is 10.0 Å². The normalized spacial score (nSPS) is 23.2. The van der Waals surface area contributed by atoms with Crippen LogP contribution in [0.15, 0.2) is 29.2 Å². The van der Waals surface area contributed by atoms with E-state index >= 15 is 0 Å². The second-order valence-corrected chi connectivity index (χ2v) is 7.71. The largest absolute Gasteiger partial charge is 0.381 e. The predicted octanol–water partition coefficient (Wildman–Crippen LogP) is 2.97. The van der Waals surface area contributed by atoms with Gasteiger partial charge in [0, 0.05) is 12.1 Å². The fraction of sp³-hybridized carbons (Fsp3) is 0.600. The molecule has 4 nitrogen and oxygen atoms in total. The number of hydrogen-bond donors (Lipinski definition) is 2. The van der Waals surface area contributed by atoms with Crippen molar-refractivity contribution in [2.45, 2.75) is 57.0 Å². The van der Waals surface area contributed by atoms with Crippen molar-refractivity contribution in [2.24, 2.45) is 5.92 Å². The number of benzene rings is 1. The van der Waals surface area contributed by atoms with Gasteiger partial charge < -0.3 is 5.32 Å². The van der Waals surface area contributed by atoms with Crippen LogP contribution in [0.4, 0.5) is 5.69 Å². The molecular weight excluding hydrogens is 272 g/mol. The molecule has 2 atom stereocenters. The zero-order valence-corrected chi connectivity index (χ0v) is 13.2. The summed E-state index contributed by atoms with van der Waals surface area (Å²) in [6, 6.07) is 7.40. The second kappa shape index (κ2) is 6.14. The van der Waals surface area contributed by atoms with Crippen molar-refractivity contribution in [1.82, 2.24) is 4.72 Å². The summed E-state index contributed by atoms with van der Waals surface area (Å²) in [6.07, 6.45) is 3.41. The Hall–Kier alpha value is -1.07. The van der Waals surface area contributed by atoms with Crippen LogP contribution in [-0.2, 0) is 10.0 Å². The Bertz CT molecular complexity index is 555. The monoisotopic (exact) mass is 296 g/mol. The van der Waals surface area contributed by atoms with Crippen LogP contribution in [0.2, 0.25) is 0 Å². The molecule has 1 saturated carbocycles. The average Bonchev–Trinajstić information content (AvgIpc) is 2.73. The molecule has 1 aromatic rings. The lowest BCUT2D eigenvalue weighted by atomic mass is 10.1. The van der Waals surface area contributed by atoms with Crippen LogP contribution in [-0.4, -0.2) is 20.5 Å². The minimum absolute atomic E-state index is 0.112. The number of nitrogens with one attached hydrogen (secondary N) is 2. The van der Waals surface area contributed by atoms with Crippen LogP contribution in [0.5, 0.6) is 0 Å². The third-order valence-electron chi connectivity index (χ3n) is 3.62. The summed E-state index contributed by atoms with van der Waals surface area (Å²) in [6.45, 7) is 5.89. The topological polar surface area (TPSA) is 58.2 Å². The van der Waals surface area contributed by atoms with E-state index in [2.05, 4.69) is 17.0 Å². The molecule has 0 saturated heterocycles. The van der Waals surface area contributed by atoms with Gasteiger partial charge >= 0.3 is 0 Å². The molecule has 0 aliphatic heterocycles. The third kappa shape index (κ3) is 3.73. The highest BCUT2D eigenvalue weighted by molar-refractivity contribution is 7.89. The van der Waals surface area contributed by atoms with Gasteiger partial charge in [0.15, 0.2) is 0 Å². The van der Waals surface area contributed by atoms with Crippen LogP contribution in [0.1, 0.15) is 40.0 Å². The number of sulfonamides is 1. The minimum Gasteiger partial charge on any atom is -0.381 e. The number of para-hydroxylation sites is 1. The summed E-state index contributed by atoms with van der Waals surface area (Å²) in [5.41, 5.74) is 0.708. The number of anilines is 1. The van der Waals surface area contributed by atoms with Crippen LogP contribution in [0.3, 0.4) is 0 Å². The predicted molar refractivity (Wildman–Crippen MR) is 82.3 cm³/mol. The summed E-state index contributed by atoms with van der Waals surface area (Å²) in [4.78, 5) is 0.341. The molecule has 0 amide bonds. The molecule has 0 bridgehead atoms. The standard InChI is InChI=1S/C15H24N2O2S/c1-11(2)17-20(18,19)15-7-5-4-6-14(15)16-13-9-8-12(3)10-13/h4-7,11-13,16-17H,8-10H2,1-3H3. The van der Waals surface area contributed by atoms with Crippen molar-refractivity contribution in [3.05, 3.63) is 24.3 Å². The van der Waals surface area contributed by atoms with E-state index in [0.717, 1.165) is 12.8 Å². The maximum atomic E-state index is 12.4. The molecule has 1 aromatic carbocycles. The van der Waals surface area contributed by atoms with E-state index in [0.29, 0.717) is 22.5 Å². The maximum absolute atomic E-state index is 12.4. The third-order valence-corrected chi connectivity index (χ3v) is 5.34. The molecule has 0 heterocycles. The Morgan fingerprint density at radius 3 is 2.50 bits per heavy atom. The van der Waals surface area contributed by atoms with Crippen molar-refractivity contribution in [3.8, 4) is 0 Å². The quantitative estimate of drug-likeness (QED) is 0.878. The highest BCUT2D eigenvalue weighted by Crippen LogP contribution is 2.29. The van der Waals surface area contributed by atoms with Crippen LogP contribution >= 0.6 is 0 Å². The molecule has 1 fully saturated rings. The van der Waals surface area contributed by atoms with Crippen molar-refractivity contribution in [2.75, 3.05) is 5.32 Å². The van der Waals surface area contributed by atoms with Gasteiger partial charge in [0.1, 0.15) is 4.90 Å².